The number of ether oxygens (including phenoxy) is 1. The number of nitrogens with one attached hydrogen (secondary N) is 1. The highest BCUT2D eigenvalue weighted by Crippen LogP contribution is 2.29. The molecule has 0 spiro atoms. The number of rotatable bonds is 3. The molecule has 1 saturated heterocycles. The molecule has 18 heavy (non-hydrogen) atoms. The maximum absolute atomic E-state index is 7.69. The zero-order chi connectivity index (χ0) is 13.3. The van der Waals surface area contributed by atoms with Gasteiger partial charge in [0.15, 0.2) is 0 Å². The number of benzene rings is 1. The van der Waals surface area contributed by atoms with Crippen LogP contribution in [0.1, 0.15) is 18.9 Å². The van der Waals surface area contributed by atoms with Crippen molar-refractivity contribution in [1.82, 2.24) is 0 Å². The number of amidine groups is 1. The molecule has 1 heterocycles. The molecule has 1 aromatic rings. The lowest BCUT2D eigenvalue weighted by atomic mass is 10.1. The Hall–Kier alpha value is -1.07. The quantitative estimate of drug-likeness (QED) is 0.665. The first kappa shape index (κ1) is 13.4. The number of nitrogens with zero attached hydrogens (tertiary/aromatic N) is 1. The van der Waals surface area contributed by atoms with Crippen LogP contribution in [-0.2, 0) is 4.74 Å². The molecule has 1 aliphatic rings. The lowest BCUT2D eigenvalue weighted by molar-refractivity contribution is 0.118. The minimum absolute atomic E-state index is 0.0877. The van der Waals surface area contributed by atoms with Crippen LogP contribution in [0.2, 0.25) is 0 Å². The molecule has 5 heteroatoms. The number of likely N-dealkylation sites (N-methyl/N-ethyl adjacent to an activating group) is 1. The zero-order valence-electron chi connectivity index (χ0n) is 10.6. The largest absolute Gasteiger partial charge is 0.384 e. The van der Waals surface area contributed by atoms with Crippen LogP contribution in [-0.4, -0.2) is 31.6 Å². The maximum atomic E-state index is 7.69. The van der Waals surface area contributed by atoms with Crippen LogP contribution in [0.25, 0.3) is 0 Å². The summed E-state index contributed by atoms with van der Waals surface area (Å²) in [5.41, 5.74) is 7.39. The molecule has 4 nitrogen and oxygen atoms in total. The third kappa shape index (κ3) is 2.52. The van der Waals surface area contributed by atoms with E-state index in [-0.39, 0.29) is 11.9 Å². The van der Waals surface area contributed by atoms with Gasteiger partial charge in [0.25, 0.3) is 0 Å². The highest BCUT2D eigenvalue weighted by atomic mass is 79.9. The Morgan fingerprint density at radius 2 is 2.28 bits per heavy atom. The van der Waals surface area contributed by atoms with Gasteiger partial charge in [0.05, 0.1) is 12.1 Å². The van der Waals surface area contributed by atoms with Crippen LogP contribution >= 0.6 is 15.9 Å². The summed E-state index contributed by atoms with van der Waals surface area (Å²) in [6.07, 6.45) is 1.21. The van der Waals surface area contributed by atoms with E-state index < -0.39 is 0 Å². The Bertz CT molecular complexity index is 464. The topological polar surface area (TPSA) is 62.3 Å². The third-order valence-corrected chi connectivity index (χ3v) is 3.96. The molecule has 3 N–H and O–H groups in total. The SMILES string of the molecule is CC1OCCC1N(C)c1ccc(Br)cc1C(=N)N. The van der Waals surface area contributed by atoms with Gasteiger partial charge in [-0.3, -0.25) is 5.41 Å². The smallest absolute Gasteiger partial charge is 0.124 e. The second-order valence-corrected chi connectivity index (χ2v) is 5.53. The van der Waals surface area contributed by atoms with Crippen LogP contribution in [0.4, 0.5) is 5.69 Å². The number of nitrogen functional groups attached to an aromatic ring is 1. The van der Waals surface area contributed by atoms with Gasteiger partial charge in [-0.2, -0.15) is 0 Å². The number of nitrogens with two attached hydrogens (primary N) is 1. The van der Waals surface area contributed by atoms with Crippen molar-refractivity contribution < 1.29 is 4.74 Å². The minimum Gasteiger partial charge on any atom is -0.384 e. The average Bonchev–Trinajstić information content (AvgIpc) is 2.74. The van der Waals surface area contributed by atoms with Crippen LogP contribution in [0.3, 0.4) is 0 Å². The van der Waals surface area contributed by atoms with E-state index in [0.29, 0.717) is 6.04 Å². The van der Waals surface area contributed by atoms with Gasteiger partial charge in [-0.05, 0) is 31.5 Å². The second-order valence-electron chi connectivity index (χ2n) is 4.62. The molecule has 0 bridgehead atoms. The lowest BCUT2D eigenvalue weighted by Gasteiger charge is -2.30. The first-order valence-electron chi connectivity index (χ1n) is 5.99. The van der Waals surface area contributed by atoms with Gasteiger partial charge < -0.3 is 15.4 Å². The number of anilines is 1. The number of hydrogen-bond donors (Lipinski definition) is 2. The molecule has 0 aromatic heterocycles. The average molecular weight is 312 g/mol. The fourth-order valence-corrected chi connectivity index (χ4v) is 2.80. The van der Waals surface area contributed by atoms with Gasteiger partial charge in [0.1, 0.15) is 5.84 Å². The normalized spacial score (nSPS) is 23.1. The van der Waals surface area contributed by atoms with E-state index >= 15 is 0 Å². The predicted molar refractivity (Wildman–Crippen MR) is 77.4 cm³/mol. The summed E-state index contributed by atoms with van der Waals surface area (Å²) in [6, 6.07) is 6.18. The lowest BCUT2D eigenvalue weighted by Crippen LogP contribution is -2.37. The van der Waals surface area contributed by atoms with Crippen molar-refractivity contribution in [2.24, 2.45) is 5.73 Å². The number of hydrogen-bond acceptors (Lipinski definition) is 3. The van der Waals surface area contributed by atoms with E-state index in [1.807, 2.05) is 25.2 Å². The predicted octanol–water partition coefficient (Wildman–Crippen LogP) is 2.35. The molecule has 0 saturated carbocycles. The van der Waals surface area contributed by atoms with Crippen LogP contribution in [0.5, 0.6) is 0 Å². The molecule has 2 atom stereocenters. The Morgan fingerprint density at radius 3 is 2.83 bits per heavy atom. The fraction of sp³-hybridized carbons (Fsp3) is 0.462. The van der Waals surface area contributed by atoms with E-state index in [4.69, 9.17) is 15.9 Å². The summed E-state index contributed by atoms with van der Waals surface area (Å²) in [5.74, 6) is 0.0877. The van der Waals surface area contributed by atoms with Gasteiger partial charge in [0, 0.05) is 29.4 Å². The Morgan fingerprint density at radius 1 is 1.56 bits per heavy atom. The Labute approximate surface area is 116 Å². The van der Waals surface area contributed by atoms with E-state index in [1.54, 1.807) is 0 Å². The van der Waals surface area contributed by atoms with Crippen molar-refractivity contribution >= 4 is 27.5 Å². The summed E-state index contributed by atoms with van der Waals surface area (Å²) >= 11 is 3.41. The molecule has 1 aliphatic heterocycles. The molecule has 98 valence electrons. The highest BCUT2D eigenvalue weighted by Gasteiger charge is 2.29. The molecule has 2 unspecified atom stereocenters. The zero-order valence-corrected chi connectivity index (χ0v) is 12.2. The van der Waals surface area contributed by atoms with Crippen LogP contribution in [0.15, 0.2) is 22.7 Å². The summed E-state index contributed by atoms with van der Waals surface area (Å²) in [5, 5.41) is 7.69. The molecule has 1 aromatic carbocycles. The van der Waals surface area contributed by atoms with E-state index in [9.17, 15) is 0 Å². The van der Waals surface area contributed by atoms with Crippen molar-refractivity contribution in [2.45, 2.75) is 25.5 Å². The molecule has 0 radical (unpaired) electrons. The van der Waals surface area contributed by atoms with Crippen molar-refractivity contribution in [3.8, 4) is 0 Å². The van der Waals surface area contributed by atoms with Crippen molar-refractivity contribution in [3.05, 3.63) is 28.2 Å². The Kier molecular flexibility index (Phi) is 3.92. The van der Waals surface area contributed by atoms with Gasteiger partial charge in [-0.1, -0.05) is 15.9 Å². The number of halogens is 1. The summed E-state index contributed by atoms with van der Waals surface area (Å²) in [6.45, 7) is 2.88. The fourth-order valence-electron chi connectivity index (χ4n) is 2.44. The van der Waals surface area contributed by atoms with Crippen LogP contribution in [0, 0.1) is 5.41 Å². The molecule has 0 amide bonds. The van der Waals surface area contributed by atoms with Crippen LogP contribution < -0.4 is 10.6 Å². The first-order valence-corrected chi connectivity index (χ1v) is 6.78. The summed E-state index contributed by atoms with van der Waals surface area (Å²) in [4.78, 5) is 2.17. The van der Waals surface area contributed by atoms with Gasteiger partial charge in [-0.15, -0.1) is 0 Å². The van der Waals surface area contributed by atoms with E-state index in [2.05, 4.69) is 27.8 Å². The van der Waals surface area contributed by atoms with E-state index in [0.717, 1.165) is 28.8 Å². The molecular formula is C13H18BrN3O. The minimum atomic E-state index is 0.0877. The van der Waals surface area contributed by atoms with Gasteiger partial charge >= 0.3 is 0 Å². The monoisotopic (exact) mass is 311 g/mol. The van der Waals surface area contributed by atoms with Gasteiger partial charge in [-0.25, -0.2) is 0 Å². The molecule has 0 aliphatic carbocycles. The summed E-state index contributed by atoms with van der Waals surface area (Å²) in [7, 11) is 2.03. The van der Waals surface area contributed by atoms with Crippen molar-refractivity contribution in [2.75, 3.05) is 18.6 Å². The highest BCUT2D eigenvalue weighted by molar-refractivity contribution is 9.10. The molecular weight excluding hydrogens is 294 g/mol. The second kappa shape index (κ2) is 5.28. The third-order valence-electron chi connectivity index (χ3n) is 3.46. The van der Waals surface area contributed by atoms with Crippen molar-refractivity contribution in [1.29, 1.82) is 5.41 Å². The Balaban J connectivity index is 2.35. The maximum Gasteiger partial charge on any atom is 0.124 e. The van der Waals surface area contributed by atoms with Crippen molar-refractivity contribution in [3.63, 3.8) is 0 Å². The van der Waals surface area contributed by atoms with Gasteiger partial charge in [0.2, 0.25) is 0 Å². The molecule has 1 fully saturated rings. The summed E-state index contributed by atoms with van der Waals surface area (Å²) < 4.78 is 6.53. The molecule has 2 rings (SSSR count). The van der Waals surface area contributed by atoms with E-state index in [1.165, 1.54) is 0 Å². The first-order chi connectivity index (χ1) is 8.50. The standard InChI is InChI=1S/C13H18BrN3O/c1-8-11(5-6-18-8)17(2)12-4-3-9(14)7-10(12)13(15)16/h3-4,7-8,11H,5-6H2,1-2H3,(H3,15,16).